The first-order valence-corrected chi connectivity index (χ1v) is 20.4. The predicted molar refractivity (Wildman–Crippen MR) is 249 cm³/mol. The van der Waals surface area contributed by atoms with Crippen molar-refractivity contribution in [3.63, 3.8) is 0 Å². The third-order valence-electron chi connectivity index (χ3n) is 13.0. The minimum absolute atomic E-state index is 1.05. The average Bonchev–Trinajstić information content (AvgIpc) is 3.75. The summed E-state index contributed by atoms with van der Waals surface area (Å²) in [6, 6.07) is 63.2. The third-order valence-corrected chi connectivity index (χ3v) is 13.0. The molecule has 0 atom stereocenters. The van der Waals surface area contributed by atoms with Crippen LogP contribution in [0.3, 0.4) is 0 Å². The Bertz CT molecular complexity index is 3510. The topological polar surface area (TPSA) is 9.86 Å². The Hall–Kier alpha value is -7.16. The fourth-order valence-corrected chi connectivity index (χ4v) is 10.4. The van der Waals surface area contributed by atoms with Crippen LogP contribution in [0, 0.1) is 0 Å². The molecule has 0 saturated carbocycles. The molecule has 0 fully saturated rings. The van der Waals surface area contributed by atoms with Gasteiger partial charge >= 0.3 is 0 Å². The molecule has 2 nitrogen and oxygen atoms in total. The van der Waals surface area contributed by atoms with Gasteiger partial charge in [0.1, 0.15) is 0 Å². The van der Waals surface area contributed by atoms with Crippen LogP contribution in [0.5, 0.6) is 0 Å². The highest BCUT2D eigenvalue weighted by Crippen LogP contribution is 2.47. The first-order chi connectivity index (χ1) is 28.6. The van der Waals surface area contributed by atoms with Gasteiger partial charge in [0.15, 0.2) is 0 Å². The summed E-state index contributed by atoms with van der Waals surface area (Å²) in [6.07, 6.45) is 6.73. The molecule has 1 aliphatic carbocycles. The molecular weight excluding hydrogens is 701 g/mol. The SMILES string of the molecule is Cn1c2cc(-c3c(-c4ccccc4)ccc4c3CCC=C4)ccc2c2c3ccccc3c3c4ccc(-c5c(-c6ccccc6)ccc6ccccc56)cc4n(C)c3c21. The van der Waals surface area contributed by atoms with Crippen LogP contribution in [0.1, 0.15) is 17.5 Å². The Labute approximate surface area is 337 Å². The molecule has 9 aromatic carbocycles. The van der Waals surface area contributed by atoms with Gasteiger partial charge in [0.2, 0.25) is 0 Å². The van der Waals surface area contributed by atoms with Crippen LogP contribution in [0.4, 0.5) is 0 Å². The van der Waals surface area contributed by atoms with Gasteiger partial charge < -0.3 is 9.13 Å². The van der Waals surface area contributed by atoms with Gasteiger partial charge in [0.05, 0.1) is 11.0 Å². The molecule has 1 aliphatic rings. The molecule has 2 heterocycles. The summed E-state index contributed by atoms with van der Waals surface area (Å²) in [4.78, 5) is 0. The first kappa shape index (κ1) is 33.0. The second kappa shape index (κ2) is 12.7. The third kappa shape index (κ3) is 4.72. The van der Waals surface area contributed by atoms with Crippen LogP contribution >= 0.6 is 0 Å². The molecule has 0 amide bonds. The highest BCUT2D eigenvalue weighted by atomic mass is 15.0. The minimum atomic E-state index is 1.05. The lowest BCUT2D eigenvalue weighted by molar-refractivity contribution is 0.985. The van der Waals surface area contributed by atoms with Crippen LogP contribution in [-0.4, -0.2) is 9.13 Å². The number of hydrogen-bond acceptors (Lipinski definition) is 0. The molecule has 58 heavy (non-hydrogen) atoms. The number of rotatable bonds is 4. The number of allylic oxidation sites excluding steroid dienone is 1. The number of hydrogen-bond donors (Lipinski definition) is 0. The molecule has 0 saturated heterocycles. The fraction of sp³-hybridized carbons (Fsp3) is 0.0714. The molecule has 0 unspecified atom stereocenters. The highest BCUT2D eigenvalue weighted by molar-refractivity contribution is 6.36. The average molecular weight is 741 g/mol. The molecule has 2 heteroatoms. The van der Waals surface area contributed by atoms with E-state index in [0.717, 1.165) is 12.8 Å². The number of nitrogens with zero attached hydrogens (tertiary/aromatic N) is 2. The van der Waals surface area contributed by atoms with Crippen LogP contribution in [-0.2, 0) is 20.5 Å². The van der Waals surface area contributed by atoms with Crippen molar-refractivity contribution in [3.8, 4) is 44.5 Å². The monoisotopic (exact) mass is 740 g/mol. The van der Waals surface area contributed by atoms with Crippen molar-refractivity contribution in [1.82, 2.24) is 9.13 Å². The second-order valence-corrected chi connectivity index (χ2v) is 16.0. The zero-order valence-corrected chi connectivity index (χ0v) is 32.6. The Kier molecular flexibility index (Phi) is 7.22. The molecule has 12 rings (SSSR count). The maximum Gasteiger partial charge on any atom is 0.0742 e. The Morgan fingerprint density at radius 3 is 1.55 bits per heavy atom. The number of fused-ring (bicyclic) bond motifs is 12. The van der Waals surface area contributed by atoms with Crippen molar-refractivity contribution in [2.24, 2.45) is 14.1 Å². The highest BCUT2D eigenvalue weighted by Gasteiger charge is 2.24. The van der Waals surface area contributed by atoms with E-state index >= 15 is 0 Å². The van der Waals surface area contributed by atoms with Crippen molar-refractivity contribution in [1.29, 1.82) is 0 Å². The van der Waals surface area contributed by atoms with Crippen molar-refractivity contribution < 1.29 is 0 Å². The predicted octanol–water partition coefficient (Wildman–Crippen LogP) is 14.9. The molecule has 0 N–H and O–H groups in total. The van der Waals surface area contributed by atoms with E-state index in [1.54, 1.807) is 0 Å². The maximum absolute atomic E-state index is 2.47. The molecule has 11 aromatic rings. The summed E-state index contributed by atoms with van der Waals surface area (Å²) >= 11 is 0. The molecular formula is C56H40N2. The summed E-state index contributed by atoms with van der Waals surface area (Å²) in [5, 5.41) is 10.3. The van der Waals surface area contributed by atoms with Gasteiger partial charge in [-0.05, 0) is 102 Å². The molecule has 2 aromatic heterocycles. The zero-order valence-electron chi connectivity index (χ0n) is 32.6. The molecule has 0 bridgehead atoms. The lowest BCUT2D eigenvalue weighted by Crippen LogP contribution is -2.00. The van der Waals surface area contributed by atoms with Gasteiger partial charge in [-0.1, -0.05) is 170 Å². The zero-order chi connectivity index (χ0) is 38.5. The van der Waals surface area contributed by atoms with Crippen molar-refractivity contribution in [2.45, 2.75) is 12.8 Å². The Morgan fingerprint density at radius 1 is 0.414 bits per heavy atom. The summed E-state index contributed by atoms with van der Waals surface area (Å²) in [7, 11) is 4.54. The normalized spacial score (nSPS) is 12.8. The van der Waals surface area contributed by atoms with Gasteiger partial charge in [-0.3, -0.25) is 0 Å². The van der Waals surface area contributed by atoms with E-state index in [1.165, 1.54) is 121 Å². The van der Waals surface area contributed by atoms with Crippen LogP contribution < -0.4 is 0 Å². The van der Waals surface area contributed by atoms with Gasteiger partial charge in [-0.15, -0.1) is 0 Å². The van der Waals surface area contributed by atoms with Gasteiger partial charge in [0, 0.05) is 46.7 Å². The summed E-state index contributed by atoms with van der Waals surface area (Å²) in [5.41, 5.74) is 18.0. The first-order valence-electron chi connectivity index (χ1n) is 20.4. The largest absolute Gasteiger partial charge is 0.342 e. The van der Waals surface area contributed by atoms with E-state index in [1.807, 2.05) is 0 Å². The Balaban J connectivity index is 1.15. The second-order valence-electron chi connectivity index (χ2n) is 16.0. The standard InChI is InChI=1S/C56H40N2/c1-57-49-33-39(51-41-21-11-9-19-37(41)25-29-43(51)35-15-5-3-6-16-35)27-31-47(49)53-45-23-13-14-24-46(45)54-48-32-28-40(34-50(48)58(2)56(54)55(53)57)52-42-22-12-10-20-38(42)26-30-44(52)36-17-7-4-8-18-36/h3-11,13-21,23-34H,12,22H2,1-2H3. The van der Waals surface area contributed by atoms with Gasteiger partial charge in [0.25, 0.3) is 0 Å². The lowest BCUT2D eigenvalue weighted by atomic mass is 9.84. The van der Waals surface area contributed by atoms with Gasteiger partial charge in [-0.25, -0.2) is 0 Å². The molecule has 0 spiro atoms. The fourth-order valence-electron chi connectivity index (χ4n) is 10.4. The summed E-state index contributed by atoms with van der Waals surface area (Å²) in [6.45, 7) is 0. The smallest absolute Gasteiger partial charge is 0.0742 e. The molecule has 0 aliphatic heterocycles. The van der Waals surface area contributed by atoms with E-state index in [2.05, 4.69) is 205 Å². The van der Waals surface area contributed by atoms with Gasteiger partial charge in [-0.2, -0.15) is 0 Å². The quantitative estimate of drug-likeness (QED) is 0.170. The Morgan fingerprint density at radius 2 is 0.931 bits per heavy atom. The van der Waals surface area contributed by atoms with E-state index in [-0.39, 0.29) is 0 Å². The van der Waals surface area contributed by atoms with Crippen LogP contribution in [0.25, 0.3) is 116 Å². The van der Waals surface area contributed by atoms with Crippen LogP contribution in [0.2, 0.25) is 0 Å². The summed E-state index contributed by atoms with van der Waals surface area (Å²) in [5.74, 6) is 0. The van der Waals surface area contributed by atoms with Crippen LogP contribution in [0.15, 0.2) is 176 Å². The molecule has 274 valence electrons. The summed E-state index contributed by atoms with van der Waals surface area (Å²) < 4.78 is 4.93. The number of aromatic nitrogens is 2. The van der Waals surface area contributed by atoms with Crippen molar-refractivity contribution in [2.75, 3.05) is 0 Å². The van der Waals surface area contributed by atoms with E-state index in [9.17, 15) is 0 Å². The maximum atomic E-state index is 2.47. The number of aryl methyl sites for hydroxylation is 2. The lowest BCUT2D eigenvalue weighted by Gasteiger charge is -2.20. The van der Waals surface area contributed by atoms with Crippen molar-refractivity contribution >= 4 is 71.2 Å². The van der Waals surface area contributed by atoms with Crippen molar-refractivity contribution in [3.05, 3.63) is 187 Å². The van der Waals surface area contributed by atoms with E-state index in [0.29, 0.717) is 0 Å². The molecule has 0 radical (unpaired) electrons. The van der Waals surface area contributed by atoms with E-state index in [4.69, 9.17) is 0 Å². The minimum Gasteiger partial charge on any atom is -0.342 e. The van der Waals surface area contributed by atoms with E-state index < -0.39 is 0 Å². The number of benzene rings is 9.